The van der Waals surface area contributed by atoms with Crippen molar-refractivity contribution in [2.75, 3.05) is 6.54 Å². The van der Waals surface area contributed by atoms with Crippen molar-refractivity contribution < 1.29 is 9.53 Å². The van der Waals surface area contributed by atoms with Gasteiger partial charge in [-0.25, -0.2) is 9.78 Å². The number of ether oxygens (including phenoxy) is 1. The molecule has 0 saturated heterocycles. The lowest BCUT2D eigenvalue weighted by Gasteiger charge is -2.05. The van der Waals surface area contributed by atoms with Crippen molar-refractivity contribution in [3.05, 3.63) is 46.4 Å². The van der Waals surface area contributed by atoms with E-state index in [0.717, 1.165) is 23.5 Å². The van der Waals surface area contributed by atoms with Gasteiger partial charge in [-0.2, -0.15) is 0 Å². The molecule has 1 aromatic carbocycles. The third-order valence-electron chi connectivity index (χ3n) is 2.46. The Morgan fingerprint density at radius 1 is 1.37 bits per heavy atom. The quantitative estimate of drug-likeness (QED) is 0.853. The predicted octanol–water partition coefficient (Wildman–Crippen LogP) is 3.17. The van der Waals surface area contributed by atoms with Crippen LogP contribution < -0.4 is 10.1 Å². The predicted molar refractivity (Wildman–Crippen MR) is 75.6 cm³/mol. The standard InChI is InChI=1S/C14H16N2O2S/c1-11-10-19-13(16-11)8-5-9-15-14(17)18-12-6-3-2-4-7-12/h2-4,6-7,10H,5,8-9H2,1H3,(H,15,17). The fourth-order valence-corrected chi connectivity index (χ4v) is 2.40. The van der Waals surface area contributed by atoms with E-state index in [0.29, 0.717) is 12.3 Å². The Kier molecular flexibility index (Phi) is 4.92. The van der Waals surface area contributed by atoms with Crippen molar-refractivity contribution in [1.82, 2.24) is 10.3 Å². The van der Waals surface area contributed by atoms with Crippen LogP contribution in [0.4, 0.5) is 4.79 Å². The number of carbonyl (C=O) groups is 1. The van der Waals surface area contributed by atoms with Gasteiger partial charge >= 0.3 is 6.09 Å². The Balaban J connectivity index is 1.64. The number of aryl methyl sites for hydroxylation is 2. The monoisotopic (exact) mass is 276 g/mol. The molecule has 5 heteroatoms. The third kappa shape index (κ3) is 4.71. The van der Waals surface area contributed by atoms with E-state index in [1.165, 1.54) is 0 Å². The van der Waals surface area contributed by atoms with Gasteiger partial charge in [0.25, 0.3) is 0 Å². The first-order valence-corrected chi connectivity index (χ1v) is 7.04. The maximum absolute atomic E-state index is 11.5. The molecule has 100 valence electrons. The second-order valence-corrected chi connectivity index (χ2v) is 5.06. The van der Waals surface area contributed by atoms with Crippen molar-refractivity contribution in [1.29, 1.82) is 0 Å². The molecule has 0 bridgehead atoms. The number of hydrogen-bond acceptors (Lipinski definition) is 4. The fraction of sp³-hybridized carbons (Fsp3) is 0.286. The summed E-state index contributed by atoms with van der Waals surface area (Å²) < 4.78 is 5.11. The summed E-state index contributed by atoms with van der Waals surface area (Å²) in [6.45, 7) is 2.57. The molecule has 1 aromatic heterocycles. The van der Waals surface area contributed by atoms with Crippen LogP contribution in [0.5, 0.6) is 5.75 Å². The molecule has 0 atom stereocenters. The number of nitrogens with one attached hydrogen (secondary N) is 1. The van der Waals surface area contributed by atoms with Crippen molar-refractivity contribution in [2.45, 2.75) is 19.8 Å². The van der Waals surface area contributed by atoms with Crippen molar-refractivity contribution in [3.63, 3.8) is 0 Å². The summed E-state index contributed by atoms with van der Waals surface area (Å²) in [7, 11) is 0. The van der Waals surface area contributed by atoms with Crippen LogP contribution in [-0.2, 0) is 6.42 Å². The molecule has 0 saturated carbocycles. The molecule has 0 aliphatic carbocycles. The van der Waals surface area contributed by atoms with Crippen molar-refractivity contribution in [2.24, 2.45) is 0 Å². The van der Waals surface area contributed by atoms with Crippen LogP contribution in [0.3, 0.4) is 0 Å². The summed E-state index contributed by atoms with van der Waals surface area (Å²) in [5.41, 5.74) is 1.05. The molecule has 2 aromatic rings. The first-order valence-electron chi connectivity index (χ1n) is 6.16. The molecule has 1 N–H and O–H groups in total. The van der Waals surface area contributed by atoms with Crippen LogP contribution >= 0.6 is 11.3 Å². The number of benzene rings is 1. The van der Waals surface area contributed by atoms with Crippen molar-refractivity contribution >= 4 is 17.4 Å². The lowest BCUT2D eigenvalue weighted by molar-refractivity contribution is 0.200. The van der Waals surface area contributed by atoms with Crippen LogP contribution in [0.1, 0.15) is 17.1 Å². The largest absolute Gasteiger partial charge is 0.412 e. The number of amides is 1. The zero-order valence-corrected chi connectivity index (χ0v) is 11.6. The fourth-order valence-electron chi connectivity index (χ4n) is 1.58. The maximum atomic E-state index is 11.5. The minimum atomic E-state index is -0.415. The van der Waals surface area contributed by atoms with Gasteiger partial charge in [-0.15, -0.1) is 11.3 Å². The van der Waals surface area contributed by atoms with Gasteiger partial charge < -0.3 is 10.1 Å². The average Bonchev–Trinajstić information content (AvgIpc) is 2.82. The third-order valence-corrected chi connectivity index (χ3v) is 3.48. The van der Waals surface area contributed by atoms with Gasteiger partial charge in [-0.05, 0) is 25.5 Å². The number of para-hydroxylation sites is 1. The molecule has 4 nitrogen and oxygen atoms in total. The minimum Gasteiger partial charge on any atom is -0.410 e. The first-order chi connectivity index (χ1) is 9.24. The van der Waals surface area contributed by atoms with E-state index in [9.17, 15) is 4.79 Å². The number of rotatable bonds is 5. The number of carbonyl (C=O) groups excluding carboxylic acids is 1. The van der Waals surface area contributed by atoms with E-state index >= 15 is 0 Å². The van der Waals surface area contributed by atoms with Gasteiger partial charge in [-0.3, -0.25) is 0 Å². The van der Waals surface area contributed by atoms with Crippen LogP contribution in [0, 0.1) is 6.92 Å². The number of aromatic nitrogens is 1. The minimum absolute atomic E-state index is 0.415. The molecular weight excluding hydrogens is 260 g/mol. The highest BCUT2D eigenvalue weighted by Crippen LogP contribution is 2.10. The first kappa shape index (κ1) is 13.5. The van der Waals surface area contributed by atoms with E-state index in [1.807, 2.05) is 30.5 Å². The van der Waals surface area contributed by atoms with Crippen LogP contribution in [-0.4, -0.2) is 17.6 Å². The van der Waals surface area contributed by atoms with E-state index in [4.69, 9.17) is 4.74 Å². The molecule has 0 spiro atoms. The van der Waals surface area contributed by atoms with E-state index < -0.39 is 6.09 Å². The Morgan fingerprint density at radius 3 is 2.84 bits per heavy atom. The zero-order chi connectivity index (χ0) is 13.5. The molecule has 2 rings (SSSR count). The Morgan fingerprint density at radius 2 is 2.16 bits per heavy atom. The van der Waals surface area contributed by atoms with Crippen LogP contribution in [0.15, 0.2) is 35.7 Å². The Bertz CT molecular complexity index is 525. The SMILES string of the molecule is Cc1csc(CCCNC(=O)Oc2ccccc2)n1. The zero-order valence-electron chi connectivity index (χ0n) is 10.8. The summed E-state index contributed by atoms with van der Waals surface area (Å²) in [6, 6.07) is 9.03. The highest BCUT2D eigenvalue weighted by molar-refractivity contribution is 7.09. The lowest BCUT2D eigenvalue weighted by Crippen LogP contribution is -2.27. The van der Waals surface area contributed by atoms with Gasteiger partial charge in [-0.1, -0.05) is 18.2 Å². The van der Waals surface area contributed by atoms with Crippen LogP contribution in [0.2, 0.25) is 0 Å². The van der Waals surface area contributed by atoms with E-state index in [2.05, 4.69) is 10.3 Å². The molecule has 0 aliphatic heterocycles. The van der Waals surface area contributed by atoms with Crippen LogP contribution in [0.25, 0.3) is 0 Å². The molecule has 0 unspecified atom stereocenters. The van der Waals surface area contributed by atoms with Gasteiger partial charge in [0.2, 0.25) is 0 Å². The molecule has 0 fully saturated rings. The average molecular weight is 276 g/mol. The Labute approximate surface area is 116 Å². The van der Waals surface area contributed by atoms with E-state index in [1.54, 1.807) is 23.5 Å². The van der Waals surface area contributed by atoms with Crippen molar-refractivity contribution in [3.8, 4) is 5.75 Å². The summed E-state index contributed by atoms with van der Waals surface area (Å²) >= 11 is 1.66. The van der Waals surface area contributed by atoms with Gasteiger partial charge in [0, 0.05) is 24.0 Å². The summed E-state index contributed by atoms with van der Waals surface area (Å²) in [5, 5.41) is 5.87. The summed E-state index contributed by atoms with van der Waals surface area (Å²) in [4.78, 5) is 15.9. The highest BCUT2D eigenvalue weighted by Gasteiger charge is 2.03. The number of nitrogens with zero attached hydrogens (tertiary/aromatic N) is 1. The summed E-state index contributed by atoms with van der Waals surface area (Å²) in [6.07, 6.45) is 1.32. The number of hydrogen-bond donors (Lipinski definition) is 1. The second-order valence-electron chi connectivity index (χ2n) is 4.12. The topological polar surface area (TPSA) is 51.2 Å². The highest BCUT2D eigenvalue weighted by atomic mass is 32.1. The number of thiazole rings is 1. The second kappa shape index (κ2) is 6.89. The maximum Gasteiger partial charge on any atom is 0.412 e. The molecule has 19 heavy (non-hydrogen) atoms. The van der Waals surface area contributed by atoms with E-state index in [-0.39, 0.29) is 0 Å². The Hall–Kier alpha value is -1.88. The normalized spacial score (nSPS) is 10.2. The molecule has 0 radical (unpaired) electrons. The van der Waals surface area contributed by atoms with Gasteiger partial charge in [0.05, 0.1) is 5.01 Å². The molecular formula is C14H16N2O2S. The van der Waals surface area contributed by atoms with Gasteiger partial charge in [0.1, 0.15) is 5.75 Å². The molecule has 1 amide bonds. The molecule has 0 aliphatic rings. The van der Waals surface area contributed by atoms with Gasteiger partial charge in [0.15, 0.2) is 0 Å². The summed E-state index contributed by atoms with van der Waals surface area (Å²) in [5.74, 6) is 0.551. The molecule has 1 heterocycles. The lowest BCUT2D eigenvalue weighted by atomic mass is 10.3. The smallest absolute Gasteiger partial charge is 0.410 e.